The molecule has 0 saturated carbocycles. The number of hydrogen-bond donors (Lipinski definition) is 1. The minimum absolute atomic E-state index is 0.847. The molecule has 1 N–H and O–H groups in total. The van der Waals surface area contributed by atoms with Crippen LogP contribution in [0.4, 0.5) is 0 Å². The van der Waals surface area contributed by atoms with Crippen LogP contribution in [0, 0.1) is 0 Å². The average Bonchev–Trinajstić information content (AvgIpc) is 2.64. The lowest BCUT2D eigenvalue weighted by Crippen LogP contribution is -1.99. The van der Waals surface area contributed by atoms with Gasteiger partial charge in [-0.1, -0.05) is 5.22 Å². The Kier molecular flexibility index (Phi) is 4.17. The highest BCUT2D eigenvalue weighted by Crippen LogP contribution is 1.97. The summed E-state index contributed by atoms with van der Waals surface area (Å²) in [7, 11) is 0. The van der Waals surface area contributed by atoms with Gasteiger partial charge < -0.3 is 4.74 Å². The van der Waals surface area contributed by atoms with Gasteiger partial charge in [0.1, 0.15) is 0 Å². The molecule has 0 fully saturated rings. The van der Waals surface area contributed by atoms with Crippen molar-refractivity contribution in [3.05, 3.63) is 12.3 Å². The summed E-state index contributed by atoms with van der Waals surface area (Å²) in [5, 5.41) is 7.06. The first-order valence-electron chi connectivity index (χ1n) is 3.86. The summed E-state index contributed by atoms with van der Waals surface area (Å²) in [4.78, 5) is 0. The molecule has 0 aromatic rings. The van der Waals surface area contributed by atoms with Gasteiger partial charge in [-0.15, -0.1) is 0 Å². The van der Waals surface area contributed by atoms with Crippen molar-refractivity contribution in [2.45, 2.75) is 12.8 Å². The predicted molar refractivity (Wildman–Crippen MR) is 42.1 cm³/mol. The summed E-state index contributed by atoms with van der Waals surface area (Å²) in [6.07, 6.45) is 6.20. The van der Waals surface area contributed by atoms with E-state index < -0.39 is 0 Å². The van der Waals surface area contributed by atoms with Crippen molar-refractivity contribution in [2.24, 2.45) is 10.3 Å². The maximum absolute atomic E-state index is 4.89. The van der Waals surface area contributed by atoms with Crippen LogP contribution in [-0.2, 0) is 4.74 Å². The summed E-state index contributed by atoms with van der Waals surface area (Å²) in [5.41, 5.74) is 2.68. The number of nitrogens with one attached hydrogen (secondary N) is 1. The van der Waals surface area contributed by atoms with E-state index in [0.29, 0.717) is 0 Å². The molecular formula is C7H13N3O. The Labute approximate surface area is 66.3 Å². The molecule has 0 aromatic heterocycles. The molecule has 0 spiro atoms. The van der Waals surface area contributed by atoms with E-state index in [2.05, 4.69) is 15.8 Å². The fourth-order valence-corrected chi connectivity index (χ4v) is 0.739. The highest BCUT2D eigenvalue weighted by molar-refractivity contribution is 4.76. The second-order valence-corrected chi connectivity index (χ2v) is 2.26. The topological polar surface area (TPSA) is 46.0 Å². The largest absolute Gasteiger partial charge is 0.502 e. The molecule has 11 heavy (non-hydrogen) atoms. The molecule has 2 rings (SSSR count). The lowest BCUT2D eigenvalue weighted by Gasteiger charge is -2.01. The predicted octanol–water partition coefficient (Wildman–Crippen LogP) is 1.27. The van der Waals surface area contributed by atoms with Gasteiger partial charge in [0.15, 0.2) is 0 Å². The molecule has 0 aromatic carbocycles. The van der Waals surface area contributed by atoms with Gasteiger partial charge in [0.25, 0.3) is 0 Å². The van der Waals surface area contributed by atoms with Crippen LogP contribution in [0.15, 0.2) is 22.7 Å². The minimum Gasteiger partial charge on any atom is -0.502 e. The number of ether oxygens (including phenoxy) is 1. The number of nitrogens with zero attached hydrogens (tertiary/aromatic N) is 2. The van der Waals surface area contributed by atoms with E-state index in [1.807, 2.05) is 6.08 Å². The zero-order valence-electron chi connectivity index (χ0n) is 6.49. The van der Waals surface area contributed by atoms with Gasteiger partial charge in [-0.25, -0.2) is 0 Å². The maximum atomic E-state index is 4.89. The molecular weight excluding hydrogens is 142 g/mol. The van der Waals surface area contributed by atoms with Crippen molar-refractivity contribution >= 4 is 0 Å². The molecule has 0 atom stereocenters. The molecule has 4 heteroatoms. The molecule has 0 amide bonds. The normalized spacial score (nSPS) is 19.6. The van der Waals surface area contributed by atoms with Gasteiger partial charge in [0.05, 0.1) is 26.0 Å². The lowest BCUT2D eigenvalue weighted by atomic mass is 10.3. The smallest absolute Gasteiger partial charge is 0.0876 e. The Morgan fingerprint density at radius 3 is 2.64 bits per heavy atom. The summed E-state index contributed by atoms with van der Waals surface area (Å²) in [5.74, 6) is 0. The first-order chi connectivity index (χ1) is 5.50. The SMILES string of the molecule is C1=COCCC1.C1CNN=N1. The fourth-order valence-electron chi connectivity index (χ4n) is 0.739. The Hall–Kier alpha value is -1.06. The summed E-state index contributed by atoms with van der Waals surface area (Å²) < 4.78 is 4.89. The van der Waals surface area contributed by atoms with Gasteiger partial charge in [-0.2, -0.15) is 5.11 Å². The van der Waals surface area contributed by atoms with Crippen molar-refractivity contribution in [2.75, 3.05) is 19.7 Å². The monoisotopic (exact) mass is 155 g/mol. The first kappa shape index (κ1) is 8.04. The molecule has 2 aliphatic rings. The molecule has 4 nitrogen and oxygen atoms in total. The zero-order valence-corrected chi connectivity index (χ0v) is 6.49. The van der Waals surface area contributed by atoms with E-state index in [-0.39, 0.29) is 0 Å². The van der Waals surface area contributed by atoms with Crippen LogP contribution < -0.4 is 5.43 Å². The number of allylic oxidation sites excluding steroid dienone is 1. The highest BCUT2D eigenvalue weighted by Gasteiger charge is 1.86. The number of hydrogen-bond acceptors (Lipinski definition) is 4. The molecule has 2 aliphatic heterocycles. The first-order valence-corrected chi connectivity index (χ1v) is 3.86. The third-order valence-electron chi connectivity index (χ3n) is 1.29. The van der Waals surface area contributed by atoms with E-state index in [1.165, 1.54) is 12.8 Å². The third kappa shape index (κ3) is 4.36. The lowest BCUT2D eigenvalue weighted by molar-refractivity contribution is 0.231. The van der Waals surface area contributed by atoms with Crippen molar-refractivity contribution in [1.82, 2.24) is 5.43 Å². The quantitative estimate of drug-likeness (QED) is 0.572. The van der Waals surface area contributed by atoms with Crippen molar-refractivity contribution < 1.29 is 4.74 Å². The second kappa shape index (κ2) is 5.70. The summed E-state index contributed by atoms with van der Waals surface area (Å²) in [6, 6.07) is 0. The van der Waals surface area contributed by atoms with Crippen LogP contribution in [0.1, 0.15) is 12.8 Å². The van der Waals surface area contributed by atoms with E-state index in [4.69, 9.17) is 4.74 Å². The van der Waals surface area contributed by atoms with Gasteiger partial charge in [-0.05, 0) is 18.9 Å². The van der Waals surface area contributed by atoms with E-state index in [1.54, 1.807) is 6.26 Å². The van der Waals surface area contributed by atoms with Crippen molar-refractivity contribution in [3.8, 4) is 0 Å². The van der Waals surface area contributed by atoms with Crippen LogP contribution in [0.25, 0.3) is 0 Å². The average molecular weight is 155 g/mol. The Morgan fingerprint density at radius 2 is 2.45 bits per heavy atom. The minimum atomic E-state index is 0.847. The number of rotatable bonds is 0. The van der Waals surface area contributed by atoms with Gasteiger partial charge in [0, 0.05) is 0 Å². The summed E-state index contributed by atoms with van der Waals surface area (Å²) in [6.45, 7) is 2.68. The van der Waals surface area contributed by atoms with E-state index in [0.717, 1.165) is 19.7 Å². The molecule has 0 bridgehead atoms. The van der Waals surface area contributed by atoms with Gasteiger partial charge in [-0.3, -0.25) is 5.43 Å². The molecule has 0 aliphatic carbocycles. The van der Waals surface area contributed by atoms with E-state index in [9.17, 15) is 0 Å². The molecule has 0 unspecified atom stereocenters. The van der Waals surface area contributed by atoms with Crippen LogP contribution in [0.2, 0.25) is 0 Å². The van der Waals surface area contributed by atoms with Crippen LogP contribution in [0.3, 0.4) is 0 Å². The Bertz CT molecular complexity index is 131. The molecule has 0 radical (unpaired) electrons. The zero-order chi connectivity index (χ0) is 7.78. The molecule has 62 valence electrons. The highest BCUT2D eigenvalue weighted by atomic mass is 16.5. The second-order valence-electron chi connectivity index (χ2n) is 2.26. The van der Waals surface area contributed by atoms with Crippen LogP contribution >= 0.6 is 0 Å². The van der Waals surface area contributed by atoms with Crippen LogP contribution in [-0.4, -0.2) is 19.7 Å². The Balaban J connectivity index is 0.000000112. The van der Waals surface area contributed by atoms with Crippen LogP contribution in [0.5, 0.6) is 0 Å². The van der Waals surface area contributed by atoms with E-state index >= 15 is 0 Å². The van der Waals surface area contributed by atoms with Crippen molar-refractivity contribution in [3.63, 3.8) is 0 Å². The standard InChI is InChI=1S/C5H8O.C2H5N3/c1-2-4-6-5-3-1;1-2-4-5-3-1/h2,4H,1,3,5H2;1-2H2,(H,3,4). The maximum Gasteiger partial charge on any atom is 0.0876 e. The Morgan fingerprint density at radius 1 is 1.45 bits per heavy atom. The van der Waals surface area contributed by atoms with Crippen molar-refractivity contribution in [1.29, 1.82) is 0 Å². The third-order valence-corrected chi connectivity index (χ3v) is 1.29. The molecule has 0 saturated heterocycles. The van der Waals surface area contributed by atoms with Gasteiger partial charge in [0.2, 0.25) is 0 Å². The fraction of sp³-hybridized carbons (Fsp3) is 0.714. The molecule has 2 heterocycles. The van der Waals surface area contributed by atoms with Gasteiger partial charge >= 0.3 is 0 Å². The summed E-state index contributed by atoms with van der Waals surface area (Å²) >= 11 is 0.